The first kappa shape index (κ1) is 12.0. The van der Waals surface area contributed by atoms with Gasteiger partial charge in [0.15, 0.2) is 0 Å². The maximum Gasteiger partial charge on any atom is 0.259 e. The van der Waals surface area contributed by atoms with Gasteiger partial charge in [-0.1, -0.05) is 17.7 Å². The van der Waals surface area contributed by atoms with Crippen LogP contribution < -0.4 is 5.73 Å². The van der Waals surface area contributed by atoms with E-state index in [1.807, 2.05) is 32.9 Å². The second kappa shape index (κ2) is 4.63. The molecule has 0 heterocycles. The zero-order valence-electron chi connectivity index (χ0n) is 9.66. The molecule has 1 aromatic carbocycles. The highest BCUT2D eigenvalue weighted by atomic mass is 16.1. The molecule has 0 bridgehead atoms. The minimum absolute atomic E-state index is 0.0185. The van der Waals surface area contributed by atoms with Gasteiger partial charge >= 0.3 is 0 Å². The fraction of sp³-hybridized carbons (Fsp3) is 0.231. The zero-order chi connectivity index (χ0) is 12.3. The average molecular weight is 214 g/mol. The summed E-state index contributed by atoms with van der Waals surface area (Å²) in [5.74, 6) is -0.693. The molecule has 0 spiro atoms. The summed E-state index contributed by atoms with van der Waals surface area (Å²) in [7, 11) is 0. The SMILES string of the molecule is Cc1cc(C)c(C=C(C#N)C(N)=O)c(C)c1. The van der Waals surface area contributed by atoms with Crippen molar-refractivity contribution in [1.82, 2.24) is 0 Å². The van der Waals surface area contributed by atoms with Crippen molar-refractivity contribution in [2.75, 3.05) is 0 Å². The predicted molar refractivity (Wildman–Crippen MR) is 63.4 cm³/mol. The Balaban J connectivity index is 3.36. The Hall–Kier alpha value is -2.08. The Morgan fingerprint density at radius 1 is 1.31 bits per heavy atom. The van der Waals surface area contributed by atoms with Crippen LogP contribution in [0.2, 0.25) is 0 Å². The van der Waals surface area contributed by atoms with Gasteiger partial charge in [0.25, 0.3) is 5.91 Å². The number of carbonyl (C=O) groups is 1. The molecule has 0 atom stereocenters. The number of rotatable bonds is 2. The van der Waals surface area contributed by atoms with Crippen molar-refractivity contribution in [1.29, 1.82) is 5.26 Å². The van der Waals surface area contributed by atoms with Crippen LogP contribution in [0.5, 0.6) is 0 Å². The molecule has 1 rings (SSSR count). The monoisotopic (exact) mass is 214 g/mol. The van der Waals surface area contributed by atoms with Gasteiger partial charge in [0.1, 0.15) is 11.6 Å². The second-order valence-corrected chi connectivity index (χ2v) is 3.85. The first-order valence-electron chi connectivity index (χ1n) is 4.95. The van der Waals surface area contributed by atoms with Crippen LogP contribution in [0.3, 0.4) is 0 Å². The fourth-order valence-corrected chi connectivity index (χ4v) is 1.72. The van der Waals surface area contributed by atoms with Crippen LogP contribution in [0.1, 0.15) is 22.3 Å². The number of amides is 1. The third-order valence-electron chi connectivity index (χ3n) is 2.41. The summed E-state index contributed by atoms with van der Waals surface area (Å²) in [6, 6.07) is 5.82. The van der Waals surface area contributed by atoms with Crippen LogP contribution in [0.15, 0.2) is 17.7 Å². The van der Waals surface area contributed by atoms with E-state index < -0.39 is 5.91 Å². The number of hydrogen-bond acceptors (Lipinski definition) is 2. The van der Waals surface area contributed by atoms with Gasteiger partial charge in [-0.15, -0.1) is 0 Å². The highest BCUT2D eigenvalue weighted by Gasteiger charge is 2.07. The van der Waals surface area contributed by atoms with Crippen molar-refractivity contribution >= 4 is 12.0 Å². The molecule has 1 aromatic rings. The molecule has 1 amide bonds. The first-order chi connectivity index (χ1) is 7.45. The predicted octanol–water partition coefficient (Wildman–Crippen LogP) is 2.00. The molecule has 0 aliphatic heterocycles. The van der Waals surface area contributed by atoms with Gasteiger partial charge < -0.3 is 5.73 Å². The quantitative estimate of drug-likeness (QED) is 0.604. The maximum absolute atomic E-state index is 11.0. The third-order valence-corrected chi connectivity index (χ3v) is 2.41. The summed E-state index contributed by atoms with van der Waals surface area (Å²) in [6.45, 7) is 5.90. The van der Waals surface area contributed by atoms with Gasteiger partial charge in [-0.2, -0.15) is 5.26 Å². The molecule has 0 aliphatic rings. The number of nitrogens with two attached hydrogens (primary N) is 1. The Morgan fingerprint density at radius 3 is 2.19 bits per heavy atom. The number of hydrogen-bond donors (Lipinski definition) is 1. The van der Waals surface area contributed by atoms with Gasteiger partial charge in [0.05, 0.1) is 0 Å². The second-order valence-electron chi connectivity index (χ2n) is 3.85. The Kier molecular flexibility index (Phi) is 3.47. The molecule has 0 aliphatic carbocycles. The fourth-order valence-electron chi connectivity index (χ4n) is 1.72. The third kappa shape index (κ3) is 2.48. The van der Waals surface area contributed by atoms with Crippen LogP contribution in [0, 0.1) is 32.1 Å². The van der Waals surface area contributed by atoms with E-state index in [1.165, 1.54) is 0 Å². The van der Waals surface area contributed by atoms with Crippen molar-refractivity contribution in [2.24, 2.45) is 5.73 Å². The van der Waals surface area contributed by atoms with Crippen molar-refractivity contribution in [3.05, 3.63) is 40.0 Å². The molecule has 82 valence electrons. The number of benzene rings is 1. The minimum Gasteiger partial charge on any atom is -0.365 e. The highest BCUT2D eigenvalue weighted by molar-refractivity contribution is 6.00. The van der Waals surface area contributed by atoms with Crippen molar-refractivity contribution < 1.29 is 4.79 Å². The van der Waals surface area contributed by atoms with E-state index in [0.717, 1.165) is 22.3 Å². The van der Waals surface area contributed by atoms with Crippen LogP contribution in [-0.4, -0.2) is 5.91 Å². The molecule has 2 N–H and O–H groups in total. The number of nitrogens with zero attached hydrogens (tertiary/aromatic N) is 1. The molecule has 3 nitrogen and oxygen atoms in total. The zero-order valence-corrected chi connectivity index (χ0v) is 9.66. The van der Waals surface area contributed by atoms with E-state index in [4.69, 9.17) is 11.0 Å². The Morgan fingerprint density at radius 2 is 1.81 bits per heavy atom. The van der Waals surface area contributed by atoms with E-state index in [2.05, 4.69) is 0 Å². The van der Waals surface area contributed by atoms with Crippen LogP contribution in [-0.2, 0) is 4.79 Å². The molecule has 3 heteroatoms. The summed E-state index contributed by atoms with van der Waals surface area (Å²) in [5.41, 5.74) is 9.19. The van der Waals surface area contributed by atoms with Crippen LogP contribution in [0.4, 0.5) is 0 Å². The summed E-state index contributed by atoms with van der Waals surface area (Å²) in [5, 5.41) is 8.78. The topological polar surface area (TPSA) is 66.9 Å². The molecule has 0 saturated carbocycles. The Labute approximate surface area is 95.2 Å². The summed E-state index contributed by atoms with van der Waals surface area (Å²) < 4.78 is 0. The van der Waals surface area contributed by atoms with Crippen molar-refractivity contribution in [2.45, 2.75) is 20.8 Å². The molecular formula is C13H14N2O. The van der Waals surface area contributed by atoms with Crippen molar-refractivity contribution in [3.63, 3.8) is 0 Å². The number of nitriles is 1. The molecular weight excluding hydrogens is 200 g/mol. The normalized spacial score (nSPS) is 11.0. The van der Waals surface area contributed by atoms with Crippen LogP contribution in [0.25, 0.3) is 6.08 Å². The summed E-state index contributed by atoms with van der Waals surface area (Å²) >= 11 is 0. The first-order valence-corrected chi connectivity index (χ1v) is 4.95. The average Bonchev–Trinajstić information content (AvgIpc) is 2.15. The molecule has 16 heavy (non-hydrogen) atoms. The smallest absolute Gasteiger partial charge is 0.259 e. The van der Waals surface area contributed by atoms with E-state index in [9.17, 15) is 4.79 Å². The van der Waals surface area contributed by atoms with Gasteiger partial charge in [-0.05, 0) is 43.5 Å². The van der Waals surface area contributed by atoms with Gasteiger partial charge in [0.2, 0.25) is 0 Å². The van der Waals surface area contributed by atoms with E-state index >= 15 is 0 Å². The van der Waals surface area contributed by atoms with Crippen LogP contribution >= 0.6 is 0 Å². The molecule has 0 aromatic heterocycles. The minimum atomic E-state index is -0.693. The van der Waals surface area contributed by atoms with E-state index in [1.54, 1.807) is 12.1 Å². The largest absolute Gasteiger partial charge is 0.365 e. The molecule has 0 saturated heterocycles. The number of primary amides is 1. The summed E-state index contributed by atoms with van der Waals surface area (Å²) in [6.07, 6.45) is 1.55. The number of carbonyl (C=O) groups excluding carboxylic acids is 1. The lowest BCUT2D eigenvalue weighted by Gasteiger charge is -2.07. The highest BCUT2D eigenvalue weighted by Crippen LogP contribution is 2.19. The molecule has 0 fully saturated rings. The van der Waals surface area contributed by atoms with E-state index in [-0.39, 0.29) is 5.57 Å². The summed E-state index contributed by atoms with van der Waals surface area (Å²) in [4.78, 5) is 11.0. The number of aryl methyl sites for hydroxylation is 3. The Bertz CT molecular complexity index is 484. The lowest BCUT2D eigenvalue weighted by molar-refractivity contribution is -0.114. The van der Waals surface area contributed by atoms with Gasteiger partial charge in [-0.25, -0.2) is 0 Å². The van der Waals surface area contributed by atoms with Gasteiger partial charge in [-0.3, -0.25) is 4.79 Å². The lowest BCUT2D eigenvalue weighted by Crippen LogP contribution is -2.12. The van der Waals surface area contributed by atoms with Crippen molar-refractivity contribution in [3.8, 4) is 6.07 Å². The lowest BCUT2D eigenvalue weighted by atomic mass is 9.98. The molecule has 0 unspecified atom stereocenters. The van der Waals surface area contributed by atoms with E-state index in [0.29, 0.717) is 0 Å². The van der Waals surface area contributed by atoms with Gasteiger partial charge in [0, 0.05) is 0 Å². The molecule has 0 radical (unpaired) electrons. The maximum atomic E-state index is 11.0. The standard InChI is InChI=1S/C13H14N2O/c1-8-4-9(2)12(10(3)5-8)6-11(7-14)13(15)16/h4-6H,1-3H3,(H2,15,16).